The van der Waals surface area contributed by atoms with Crippen molar-refractivity contribution in [2.24, 2.45) is 0 Å². The Hall–Kier alpha value is -3.75. The summed E-state index contributed by atoms with van der Waals surface area (Å²) in [7, 11) is 6.28. The van der Waals surface area contributed by atoms with Crippen LogP contribution in [0.2, 0.25) is 0 Å². The summed E-state index contributed by atoms with van der Waals surface area (Å²) in [6.45, 7) is 2.00. The summed E-state index contributed by atoms with van der Waals surface area (Å²) in [6, 6.07) is 9.34. The molecular formula is C20H23N5O4. The molecule has 0 aliphatic carbocycles. The summed E-state index contributed by atoms with van der Waals surface area (Å²) in [5, 5.41) is 14.3. The van der Waals surface area contributed by atoms with Gasteiger partial charge in [-0.05, 0) is 24.6 Å². The third-order valence-electron chi connectivity index (χ3n) is 4.10. The van der Waals surface area contributed by atoms with Gasteiger partial charge in [0.25, 0.3) is 0 Å². The predicted molar refractivity (Wildman–Crippen MR) is 110 cm³/mol. The number of methoxy groups -OCH3 is 4. The van der Waals surface area contributed by atoms with E-state index in [9.17, 15) is 0 Å². The van der Waals surface area contributed by atoms with Gasteiger partial charge in [0.2, 0.25) is 11.7 Å². The van der Waals surface area contributed by atoms with Gasteiger partial charge < -0.3 is 29.6 Å². The highest BCUT2D eigenvalue weighted by molar-refractivity contribution is 5.67. The molecule has 1 aromatic heterocycles. The zero-order valence-corrected chi connectivity index (χ0v) is 16.9. The SMILES string of the molecule is COc1ccc(C)cc1Nc1cnnc(Nc2cc(OC)c(OC)c(OC)c2)n1. The summed E-state index contributed by atoms with van der Waals surface area (Å²) in [6.07, 6.45) is 1.53. The molecule has 0 aliphatic heterocycles. The molecule has 1 heterocycles. The molecule has 0 radical (unpaired) electrons. The van der Waals surface area contributed by atoms with Gasteiger partial charge in [0.15, 0.2) is 17.3 Å². The van der Waals surface area contributed by atoms with Crippen LogP contribution >= 0.6 is 0 Å². The van der Waals surface area contributed by atoms with Crippen LogP contribution in [0, 0.1) is 6.92 Å². The second-order valence-electron chi connectivity index (χ2n) is 6.03. The first kappa shape index (κ1) is 20.0. The summed E-state index contributed by atoms with van der Waals surface area (Å²) in [4.78, 5) is 4.46. The molecule has 0 bridgehead atoms. The molecule has 29 heavy (non-hydrogen) atoms. The number of rotatable bonds is 8. The van der Waals surface area contributed by atoms with Gasteiger partial charge in [-0.2, -0.15) is 10.1 Å². The van der Waals surface area contributed by atoms with Crippen LogP contribution in [0.25, 0.3) is 0 Å². The minimum atomic E-state index is 0.302. The van der Waals surface area contributed by atoms with Crippen molar-refractivity contribution in [3.63, 3.8) is 0 Å². The van der Waals surface area contributed by atoms with E-state index in [-0.39, 0.29) is 0 Å². The highest BCUT2D eigenvalue weighted by atomic mass is 16.5. The van der Waals surface area contributed by atoms with Crippen molar-refractivity contribution in [2.45, 2.75) is 6.92 Å². The molecule has 2 N–H and O–H groups in total. The maximum absolute atomic E-state index is 5.39. The number of benzene rings is 2. The number of anilines is 4. The van der Waals surface area contributed by atoms with E-state index >= 15 is 0 Å². The molecule has 0 saturated heterocycles. The topological polar surface area (TPSA) is 99.7 Å². The molecular weight excluding hydrogens is 374 g/mol. The number of aromatic nitrogens is 3. The van der Waals surface area contributed by atoms with Gasteiger partial charge in [0.05, 0.1) is 40.3 Å². The van der Waals surface area contributed by atoms with E-state index in [0.29, 0.717) is 40.5 Å². The molecule has 0 saturated carbocycles. The minimum absolute atomic E-state index is 0.302. The van der Waals surface area contributed by atoms with Gasteiger partial charge in [-0.15, -0.1) is 5.10 Å². The molecule has 2 aromatic carbocycles. The van der Waals surface area contributed by atoms with Gasteiger partial charge in [-0.3, -0.25) is 0 Å². The Balaban J connectivity index is 1.86. The van der Waals surface area contributed by atoms with Crippen molar-refractivity contribution in [3.8, 4) is 23.0 Å². The van der Waals surface area contributed by atoms with Crippen LogP contribution in [0.15, 0.2) is 36.5 Å². The summed E-state index contributed by atoms with van der Waals surface area (Å²) >= 11 is 0. The fraction of sp³-hybridized carbons (Fsp3) is 0.250. The number of ether oxygens (including phenoxy) is 4. The van der Waals surface area contributed by atoms with E-state index < -0.39 is 0 Å². The lowest BCUT2D eigenvalue weighted by atomic mass is 10.2. The summed E-state index contributed by atoms with van der Waals surface area (Å²) in [5.41, 5.74) is 2.53. The highest BCUT2D eigenvalue weighted by Gasteiger charge is 2.14. The van der Waals surface area contributed by atoms with Crippen LogP contribution in [-0.2, 0) is 0 Å². The summed E-state index contributed by atoms with van der Waals surface area (Å²) in [5.74, 6) is 3.05. The average molecular weight is 397 g/mol. The van der Waals surface area contributed by atoms with Gasteiger partial charge >= 0.3 is 0 Å². The Morgan fingerprint density at radius 1 is 0.793 bits per heavy atom. The molecule has 0 amide bonds. The Labute approximate surface area is 169 Å². The van der Waals surface area contributed by atoms with E-state index in [4.69, 9.17) is 18.9 Å². The maximum atomic E-state index is 5.39. The lowest BCUT2D eigenvalue weighted by Gasteiger charge is -2.15. The van der Waals surface area contributed by atoms with Gasteiger partial charge in [-0.25, -0.2) is 0 Å². The Morgan fingerprint density at radius 2 is 1.48 bits per heavy atom. The van der Waals surface area contributed by atoms with E-state index in [0.717, 1.165) is 11.3 Å². The van der Waals surface area contributed by atoms with Gasteiger partial charge in [-0.1, -0.05) is 6.07 Å². The van der Waals surface area contributed by atoms with Crippen molar-refractivity contribution >= 4 is 23.1 Å². The van der Waals surface area contributed by atoms with Crippen LogP contribution < -0.4 is 29.6 Å². The van der Waals surface area contributed by atoms with Gasteiger partial charge in [0, 0.05) is 17.8 Å². The van der Waals surface area contributed by atoms with E-state index in [1.165, 1.54) is 6.20 Å². The van der Waals surface area contributed by atoms with Crippen molar-refractivity contribution in [2.75, 3.05) is 39.1 Å². The Kier molecular flexibility index (Phi) is 6.18. The number of aryl methyl sites for hydroxylation is 1. The van der Waals surface area contributed by atoms with Gasteiger partial charge in [0.1, 0.15) is 5.75 Å². The second kappa shape index (κ2) is 8.96. The van der Waals surface area contributed by atoms with Crippen molar-refractivity contribution in [1.82, 2.24) is 15.2 Å². The first-order valence-corrected chi connectivity index (χ1v) is 8.76. The Bertz CT molecular complexity index is 971. The highest BCUT2D eigenvalue weighted by Crippen LogP contribution is 2.40. The standard InChI is InChI=1S/C20H23N5O4/c1-12-6-7-15(26-2)14(8-12)23-18-11-21-25-20(24-18)22-13-9-16(27-3)19(29-5)17(10-13)28-4/h6-11H,1-5H3,(H2,22,23,24,25). The quantitative estimate of drug-likeness (QED) is 0.589. The first-order chi connectivity index (χ1) is 14.1. The number of hydrogen-bond acceptors (Lipinski definition) is 9. The number of hydrogen-bond donors (Lipinski definition) is 2. The molecule has 3 rings (SSSR count). The lowest BCUT2D eigenvalue weighted by Crippen LogP contribution is -2.04. The molecule has 0 atom stereocenters. The van der Waals surface area contributed by atoms with Crippen LogP contribution in [-0.4, -0.2) is 43.6 Å². The molecule has 3 aromatic rings. The first-order valence-electron chi connectivity index (χ1n) is 8.76. The number of nitrogens with one attached hydrogen (secondary N) is 2. The fourth-order valence-electron chi connectivity index (χ4n) is 2.76. The van der Waals surface area contributed by atoms with Crippen molar-refractivity contribution in [3.05, 3.63) is 42.1 Å². The minimum Gasteiger partial charge on any atom is -0.495 e. The van der Waals surface area contributed by atoms with Crippen molar-refractivity contribution < 1.29 is 18.9 Å². The van der Waals surface area contributed by atoms with Crippen LogP contribution in [0.3, 0.4) is 0 Å². The molecule has 0 aliphatic rings. The third kappa shape index (κ3) is 4.57. The fourth-order valence-corrected chi connectivity index (χ4v) is 2.76. The number of nitrogens with zero attached hydrogens (tertiary/aromatic N) is 3. The molecule has 0 unspecified atom stereocenters. The van der Waals surface area contributed by atoms with E-state index in [2.05, 4.69) is 25.8 Å². The largest absolute Gasteiger partial charge is 0.495 e. The second-order valence-corrected chi connectivity index (χ2v) is 6.03. The smallest absolute Gasteiger partial charge is 0.249 e. The van der Waals surface area contributed by atoms with E-state index in [1.807, 2.05) is 25.1 Å². The lowest BCUT2D eigenvalue weighted by molar-refractivity contribution is 0.324. The van der Waals surface area contributed by atoms with Crippen LogP contribution in [0.1, 0.15) is 5.56 Å². The monoisotopic (exact) mass is 397 g/mol. The molecule has 152 valence electrons. The zero-order valence-electron chi connectivity index (χ0n) is 16.9. The average Bonchev–Trinajstić information content (AvgIpc) is 2.73. The molecule has 0 fully saturated rings. The molecule has 9 nitrogen and oxygen atoms in total. The predicted octanol–water partition coefficient (Wildman–Crippen LogP) is 3.70. The van der Waals surface area contributed by atoms with E-state index in [1.54, 1.807) is 40.6 Å². The van der Waals surface area contributed by atoms with Crippen LogP contribution in [0.5, 0.6) is 23.0 Å². The zero-order chi connectivity index (χ0) is 20.8. The molecule has 9 heteroatoms. The normalized spacial score (nSPS) is 10.2. The maximum Gasteiger partial charge on any atom is 0.249 e. The van der Waals surface area contributed by atoms with Crippen LogP contribution in [0.4, 0.5) is 23.1 Å². The van der Waals surface area contributed by atoms with Crippen molar-refractivity contribution in [1.29, 1.82) is 0 Å². The third-order valence-corrected chi connectivity index (χ3v) is 4.10. The summed E-state index contributed by atoms with van der Waals surface area (Å²) < 4.78 is 21.5. The molecule has 0 spiro atoms. The Morgan fingerprint density at radius 3 is 2.10 bits per heavy atom.